The molecule has 2 aromatic rings. The lowest BCUT2D eigenvalue weighted by Crippen LogP contribution is -2.33. The summed E-state index contributed by atoms with van der Waals surface area (Å²) in [6.45, 7) is 2.28. The zero-order valence-electron chi connectivity index (χ0n) is 8.85. The minimum absolute atomic E-state index is 0.111. The maximum absolute atomic E-state index is 5.57. The van der Waals surface area contributed by atoms with Crippen LogP contribution in [0.3, 0.4) is 0 Å². The second-order valence-corrected chi connectivity index (χ2v) is 5.39. The molecule has 0 bridgehead atoms. The van der Waals surface area contributed by atoms with Crippen molar-refractivity contribution in [1.82, 2.24) is 15.5 Å². The summed E-state index contributed by atoms with van der Waals surface area (Å²) in [4.78, 5) is 5.33. The molecule has 5 nitrogen and oxygen atoms in total. The molecule has 1 aliphatic heterocycles. The molecule has 0 aliphatic carbocycles. The number of hydrogen-bond donors (Lipinski definition) is 1. The predicted molar refractivity (Wildman–Crippen MR) is 66.9 cm³/mol. The van der Waals surface area contributed by atoms with Gasteiger partial charge in [0.1, 0.15) is 11.0 Å². The average molecular weight is 316 g/mol. The van der Waals surface area contributed by atoms with Crippen molar-refractivity contribution in [1.29, 1.82) is 0 Å². The summed E-state index contributed by atoms with van der Waals surface area (Å²) < 4.78 is 11.8. The first kappa shape index (κ1) is 11.3. The molecule has 0 aromatic carbocycles. The smallest absolute Gasteiger partial charge is 0.269 e. The van der Waals surface area contributed by atoms with Crippen molar-refractivity contribution >= 4 is 27.3 Å². The number of aromatic nitrogens is 2. The van der Waals surface area contributed by atoms with Gasteiger partial charge in [0.2, 0.25) is 5.82 Å². The van der Waals surface area contributed by atoms with Crippen LogP contribution in [0.2, 0.25) is 0 Å². The lowest BCUT2D eigenvalue weighted by atomic mass is 10.3. The Balaban J connectivity index is 1.85. The Hall–Kier alpha value is -0.760. The van der Waals surface area contributed by atoms with E-state index in [0.717, 1.165) is 22.4 Å². The van der Waals surface area contributed by atoms with Crippen molar-refractivity contribution in [3.8, 4) is 10.8 Å². The van der Waals surface area contributed by atoms with E-state index in [1.807, 2.05) is 11.4 Å². The van der Waals surface area contributed by atoms with Gasteiger partial charge in [0, 0.05) is 17.6 Å². The minimum atomic E-state index is -0.111. The molecular weight excluding hydrogens is 306 g/mol. The summed E-state index contributed by atoms with van der Waals surface area (Å²) in [5.41, 5.74) is 0. The van der Waals surface area contributed by atoms with Crippen molar-refractivity contribution in [3.05, 3.63) is 21.7 Å². The average Bonchev–Trinajstić information content (AvgIpc) is 2.98. The Bertz CT molecular complexity index is 507. The second kappa shape index (κ2) is 4.85. The molecule has 3 heterocycles. The van der Waals surface area contributed by atoms with Gasteiger partial charge < -0.3 is 14.6 Å². The van der Waals surface area contributed by atoms with E-state index in [1.165, 1.54) is 0 Å². The van der Waals surface area contributed by atoms with Gasteiger partial charge in [0.15, 0.2) is 0 Å². The first-order valence-electron chi connectivity index (χ1n) is 5.24. The van der Waals surface area contributed by atoms with Gasteiger partial charge in [-0.05, 0) is 27.4 Å². The van der Waals surface area contributed by atoms with Crippen LogP contribution in [0.15, 0.2) is 20.4 Å². The van der Waals surface area contributed by atoms with Crippen molar-refractivity contribution in [3.63, 3.8) is 0 Å². The Morgan fingerprint density at radius 2 is 2.47 bits per heavy atom. The molecule has 1 unspecified atom stereocenters. The Morgan fingerprint density at radius 3 is 3.18 bits per heavy atom. The van der Waals surface area contributed by atoms with Crippen LogP contribution in [-0.2, 0) is 4.74 Å². The van der Waals surface area contributed by atoms with Gasteiger partial charge in [-0.1, -0.05) is 5.16 Å². The normalized spacial score (nSPS) is 20.6. The van der Waals surface area contributed by atoms with E-state index < -0.39 is 0 Å². The van der Waals surface area contributed by atoms with E-state index in [-0.39, 0.29) is 6.10 Å². The Morgan fingerprint density at radius 1 is 1.53 bits per heavy atom. The highest BCUT2D eigenvalue weighted by Crippen LogP contribution is 2.32. The Kier molecular flexibility index (Phi) is 3.24. The fraction of sp³-hybridized carbons (Fsp3) is 0.400. The van der Waals surface area contributed by atoms with Crippen LogP contribution < -0.4 is 5.32 Å². The minimum Gasteiger partial charge on any atom is -0.367 e. The van der Waals surface area contributed by atoms with Crippen LogP contribution >= 0.6 is 27.3 Å². The lowest BCUT2D eigenvalue weighted by molar-refractivity contribution is 0.0208. The molecule has 0 saturated carbocycles. The van der Waals surface area contributed by atoms with Gasteiger partial charge in [-0.15, -0.1) is 11.3 Å². The molecule has 0 spiro atoms. The third-order valence-electron chi connectivity index (χ3n) is 2.47. The number of halogens is 1. The maximum Gasteiger partial charge on any atom is 0.269 e. The molecule has 1 atom stereocenters. The van der Waals surface area contributed by atoms with E-state index >= 15 is 0 Å². The maximum atomic E-state index is 5.57. The first-order chi connectivity index (χ1) is 8.34. The number of nitrogens with one attached hydrogen (secondary N) is 1. The number of rotatable bonds is 2. The number of hydrogen-bond acceptors (Lipinski definition) is 6. The third kappa shape index (κ3) is 2.28. The number of thiophene rings is 1. The van der Waals surface area contributed by atoms with Crippen LogP contribution in [0.25, 0.3) is 10.8 Å². The highest BCUT2D eigenvalue weighted by atomic mass is 79.9. The van der Waals surface area contributed by atoms with E-state index in [9.17, 15) is 0 Å². The molecular formula is C10H10BrN3O2S. The Labute approximate surface area is 110 Å². The topological polar surface area (TPSA) is 60.2 Å². The van der Waals surface area contributed by atoms with Gasteiger partial charge >= 0.3 is 0 Å². The molecule has 7 heteroatoms. The number of nitrogens with zero attached hydrogens (tertiary/aromatic N) is 2. The second-order valence-electron chi connectivity index (χ2n) is 3.62. The first-order valence-corrected chi connectivity index (χ1v) is 6.91. The van der Waals surface area contributed by atoms with E-state index in [1.54, 1.807) is 11.3 Å². The molecule has 0 amide bonds. The van der Waals surface area contributed by atoms with Crippen molar-refractivity contribution < 1.29 is 9.26 Å². The molecule has 17 heavy (non-hydrogen) atoms. The molecule has 0 radical (unpaired) electrons. The monoisotopic (exact) mass is 315 g/mol. The quantitative estimate of drug-likeness (QED) is 0.920. The van der Waals surface area contributed by atoms with Crippen LogP contribution in [0.5, 0.6) is 0 Å². The predicted octanol–water partition coefficient (Wildman–Crippen LogP) is 2.22. The summed E-state index contributed by atoms with van der Waals surface area (Å²) in [6, 6.07) is 1.96. The standard InChI is InChI=1S/C10H10BrN3O2S/c11-6-1-4-17-8(6)10-13-9(14-16-10)7-5-12-2-3-15-7/h1,4,7,12H,2-3,5H2. The molecule has 90 valence electrons. The molecule has 3 rings (SSSR count). The van der Waals surface area contributed by atoms with E-state index in [0.29, 0.717) is 18.3 Å². The fourth-order valence-electron chi connectivity index (χ4n) is 1.64. The molecule has 1 N–H and O–H groups in total. The van der Waals surface area contributed by atoms with Gasteiger partial charge in [0.25, 0.3) is 5.89 Å². The summed E-state index contributed by atoms with van der Waals surface area (Å²) in [5.74, 6) is 1.14. The van der Waals surface area contributed by atoms with Crippen molar-refractivity contribution in [2.75, 3.05) is 19.7 Å². The summed E-state index contributed by atoms with van der Waals surface area (Å²) >= 11 is 5.01. The number of ether oxygens (including phenoxy) is 1. The highest BCUT2D eigenvalue weighted by molar-refractivity contribution is 9.10. The van der Waals surface area contributed by atoms with E-state index in [4.69, 9.17) is 9.26 Å². The van der Waals surface area contributed by atoms with Gasteiger partial charge in [-0.25, -0.2) is 0 Å². The zero-order valence-corrected chi connectivity index (χ0v) is 11.3. The SMILES string of the molecule is Brc1ccsc1-c1nc(C2CNCCO2)no1. The van der Waals surface area contributed by atoms with Crippen LogP contribution in [-0.4, -0.2) is 29.8 Å². The summed E-state index contributed by atoms with van der Waals surface area (Å²) in [5, 5.41) is 9.18. The van der Waals surface area contributed by atoms with Gasteiger partial charge in [-0.2, -0.15) is 4.98 Å². The zero-order chi connectivity index (χ0) is 11.7. The summed E-state index contributed by atoms with van der Waals surface area (Å²) in [6.07, 6.45) is -0.111. The highest BCUT2D eigenvalue weighted by Gasteiger charge is 2.22. The summed E-state index contributed by atoms with van der Waals surface area (Å²) in [7, 11) is 0. The fourth-order valence-corrected chi connectivity index (χ4v) is 3.10. The van der Waals surface area contributed by atoms with Crippen LogP contribution in [0, 0.1) is 0 Å². The van der Waals surface area contributed by atoms with Crippen LogP contribution in [0.1, 0.15) is 11.9 Å². The van der Waals surface area contributed by atoms with Crippen molar-refractivity contribution in [2.45, 2.75) is 6.10 Å². The molecule has 2 aromatic heterocycles. The third-order valence-corrected chi connectivity index (χ3v) is 4.29. The van der Waals surface area contributed by atoms with Crippen molar-refractivity contribution in [2.24, 2.45) is 0 Å². The molecule has 1 fully saturated rings. The van der Waals surface area contributed by atoms with Crippen LogP contribution in [0.4, 0.5) is 0 Å². The van der Waals surface area contributed by atoms with Gasteiger partial charge in [-0.3, -0.25) is 0 Å². The lowest BCUT2D eigenvalue weighted by Gasteiger charge is -2.20. The van der Waals surface area contributed by atoms with E-state index in [2.05, 4.69) is 31.4 Å². The van der Waals surface area contributed by atoms with Gasteiger partial charge in [0.05, 0.1) is 6.61 Å². The largest absolute Gasteiger partial charge is 0.367 e. The molecule has 1 aliphatic rings. The number of morpholine rings is 1. The molecule has 1 saturated heterocycles.